The normalized spacial score (nSPS) is 14.1. The molecule has 4 aromatic rings. The summed E-state index contributed by atoms with van der Waals surface area (Å²) in [7, 11) is 0. The lowest BCUT2D eigenvalue weighted by atomic mass is 10.00. The Morgan fingerprint density at radius 3 is 2.41 bits per heavy atom. The van der Waals surface area contributed by atoms with Crippen LogP contribution in [0.5, 0.6) is 0 Å². The van der Waals surface area contributed by atoms with Crippen LogP contribution in [-0.2, 0) is 32.2 Å². The van der Waals surface area contributed by atoms with Crippen molar-refractivity contribution < 1.29 is 23.1 Å². The molecule has 0 saturated carbocycles. The molecule has 9 heteroatoms. The van der Waals surface area contributed by atoms with Gasteiger partial charge < -0.3 is 15.7 Å². The van der Waals surface area contributed by atoms with Gasteiger partial charge in [0.1, 0.15) is 17.5 Å². The molecule has 1 amide bonds. The largest absolute Gasteiger partial charge is 0.390 e. The molecule has 0 aliphatic heterocycles. The summed E-state index contributed by atoms with van der Waals surface area (Å²) >= 11 is 0. The van der Waals surface area contributed by atoms with Crippen LogP contribution in [0.2, 0.25) is 0 Å². The number of aryl methyl sites for hydroxylation is 1. The molecule has 1 heterocycles. The molecule has 0 saturated heterocycles. The number of hydrogen-bond donors (Lipinski definition) is 3. The number of rotatable bonds is 11. The minimum atomic E-state index is -1.06. The summed E-state index contributed by atoms with van der Waals surface area (Å²) < 4.78 is 43.1. The van der Waals surface area contributed by atoms with E-state index >= 15 is 0 Å². The number of nitrogens with one attached hydrogen (secondary N) is 2. The fraction of sp³-hybridized carbons (Fsp3) is 0.312. The van der Waals surface area contributed by atoms with Gasteiger partial charge in [-0.3, -0.25) is 4.79 Å². The van der Waals surface area contributed by atoms with Crippen molar-refractivity contribution in [2.45, 2.75) is 57.7 Å². The highest BCUT2D eigenvalue weighted by atomic mass is 19.1. The van der Waals surface area contributed by atoms with E-state index in [-0.39, 0.29) is 24.5 Å². The standard InChI is InChI=1S/C32H33F3N4O2/c1-2-20-5-3-6-21(13-20)18-36-19-30(40)28(16-22-14-24(34)17-25(35)15-22)37-32(41)31-27-7-4-8-29(27)39(38-31)26-11-9-23(33)10-12-26/h3,5-6,9-15,17,28,30,36,40H,2,4,7-8,16,18-19H2,1H3,(H,37,41)/t28-,30+/m0/s1. The summed E-state index contributed by atoms with van der Waals surface area (Å²) in [6, 6.07) is 16.3. The SMILES string of the molecule is CCc1cccc(CNC[C@@H](O)[C@H](Cc2cc(F)cc(F)c2)NC(=O)c2nn(-c3ccc(F)cc3)c3c2CCC3)c1. The molecular formula is C32H33F3N4O2. The first-order chi connectivity index (χ1) is 19.8. The van der Waals surface area contributed by atoms with Gasteiger partial charge in [0.25, 0.3) is 5.91 Å². The van der Waals surface area contributed by atoms with E-state index in [0.717, 1.165) is 42.1 Å². The van der Waals surface area contributed by atoms with Crippen molar-refractivity contribution in [3.8, 4) is 5.69 Å². The third kappa shape index (κ3) is 6.86. The second-order valence-corrected chi connectivity index (χ2v) is 10.4. The second-order valence-electron chi connectivity index (χ2n) is 10.4. The highest BCUT2D eigenvalue weighted by molar-refractivity contribution is 5.94. The monoisotopic (exact) mass is 562 g/mol. The Labute approximate surface area is 237 Å². The second kappa shape index (κ2) is 12.7. The molecule has 0 bridgehead atoms. The van der Waals surface area contributed by atoms with Crippen LogP contribution in [-0.4, -0.2) is 39.5 Å². The summed E-state index contributed by atoms with van der Waals surface area (Å²) in [5.74, 6) is -2.32. The Hall–Kier alpha value is -3.95. The number of aromatic nitrogens is 2. The van der Waals surface area contributed by atoms with Crippen LogP contribution in [0, 0.1) is 17.5 Å². The lowest BCUT2D eigenvalue weighted by molar-refractivity contribution is 0.0824. The van der Waals surface area contributed by atoms with E-state index < -0.39 is 29.7 Å². The maximum absolute atomic E-state index is 14.0. The Morgan fingerprint density at radius 2 is 1.68 bits per heavy atom. The molecule has 0 spiro atoms. The lowest BCUT2D eigenvalue weighted by Crippen LogP contribution is -2.49. The van der Waals surface area contributed by atoms with Gasteiger partial charge in [-0.15, -0.1) is 0 Å². The fourth-order valence-corrected chi connectivity index (χ4v) is 5.38. The fourth-order valence-electron chi connectivity index (χ4n) is 5.38. The van der Waals surface area contributed by atoms with Crippen molar-refractivity contribution in [2.75, 3.05) is 6.54 Å². The number of aliphatic hydroxyl groups is 1. The average Bonchev–Trinajstić information content (AvgIpc) is 3.56. The van der Waals surface area contributed by atoms with E-state index in [4.69, 9.17) is 0 Å². The molecule has 0 radical (unpaired) electrons. The third-order valence-corrected chi connectivity index (χ3v) is 7.46. The lowest BCUT2D eigenvalue weighted by Gasteiger charge is -2.25. The van der Waals surface area contributed by atoms with E-state index in [1.807, 2.05) is 12.1 Å². The van der Waals surface area contributed by atoms with Crippen LogP contribution in [0.3, 0.4) is 0 Å². The number of amides is 1. The van der Waals surface area contributed by atoms with Crippen LogP contribution in [0.15, 0.2) is 66.7 Å². The van der Waals surface area contributed by atoms with E-state index in [0.29, 0.717) is 24.2 Å². The minimum absolute atomic E-state index is 0.00937. The molecule has 2 atom stereocenters. The number of carbonyl (C=O) groups is 1. The van der Waals surface area contributed by atoms with Crippen LogP contribution in [0.4, 0.5) is 13.2 Å². The van der Waals surface area contributed by atoms with Gasteiger partial charge in [-0.2, -0.15) is 5.10 Å². The van der Waals surface area contributed by atoms with Gasteiger partial charge in [-0.05, 0) is 85.2 Å². The molecule has 3 aromatic carbocycles. The van der Waals surface area contributed by atoms with Crippen molar-refractivity contribution in [2.24, 2.45) is 0 Å². The molecule has 6 nitrogen and oxygen atoms in total. The van der Waals surface area contributed by atoms with Crippen molar-refractivity contribution in [3.63, 3.8) is 0 Å². The Kier molecular flexibility index (Phi) is 8.85. The van der Waals surface area contributed by atoms with Crippen molar-refractivity contribution in [1.82, 2.24) is 20.4 Å². The van der Waals surface area contributed by atoms with E-state index in [2.05, 4.69) is 34.8 Å². The molecule has 1 aliphatic carbocycles. The zero-order valence-corrected chi connectivity index (χ0v) is 22.8. The predicted octanol–water partition coefficient (Wildman–Crippen LogP) is 4.83. The zero-order chi connectivity index (χ0) is 28.9. The van der Waals surface area contributed by atoms with Gasteiger partial charge in [-0.25, -0.2) is 17.9 Å². The van der Waals surface area contributed by atoms with Crippen molar-refractivity contribution >= 4 is 5.91 Å². The first-order valence-corrected chi connectivity index (χ1v) is 13.9. The topological polar surface area (TPSA) is 79.2 Å². The zero-order valence-electron chi connectivity index (χ0n) is 22.8. The number of benzene rings is 3. The highest BCUT2D eigenvalue weighted by Crippen LogP contribution is 2.28. The molecule has 1 aromatic heterocycles. The molecule has 0 fully saturated rings. The van der Waals surface area contributed by atoms with Gasteiger partial charge in [0.2, 0.25) is 0 Å². The van der Waals surface area contributed by atoms with Gasteiger partial charge in [0, 0.05) is 30.4 Å². The number of fused-ring (bicyclic) bond motifs is 1. The van der Waals surface area contributed by atoms with Gasteiger partial charge >= 0.3 is 0 Å². The summed E-state index contributed by atoms with van der Waals surface area (Å²) in [5, 5.41) is 21.8. The summed E-state index contributed by atoms with van der Waals surface area (Å²) in [6.07, 6.45) is 2.11. The van der Waals surface area contributed by atoms with Gasteiger partial charge in [-0.1, -0.05) is 31.2 Å². The van der Waals surface area contributed by atoms with E-state index in [1.54, 1.807) is 16.8 Å². The van der Waals surface area contributed by atoms with Crippen molar-refractivity contribution in [1.29, 1.82) is 0 Å². The first-order valence-electron chi connectivity index (χ1n) is 13.9. The third-order valence-electron chi connectivity index (χ3n) is 7.46. The smallest absolute Gasteiger partial charge is 0.272 e. The summed E-state index contributed by atoms with van der Waals surface area (Å²) in [6.45, 7) is 2.73. The first kappa shape index (κ1) is 28.6. The van der Waals surface area contributed by atoms with Crippen LogP contribution >= 0.6 is 0 Å². The molecule has 5 rings (SSSR count). The predicted molar refractivity (Wildman–Crippen MR) is 150 cm³/mol. The highest BCUT2D eigenvalue weighted by Gasteiger charge is 2.30. The number of aliphatic hydroxyl groups excluding tert-OH is 1. The minimum Gasteiger partial charge on any atom is -0.390 e. The van der Waals surface area contributed by atoms with Gasteiger partial charge in [0.05, 0.1) is 17.8 Å². The van der Waals surface area contributed by atoms with E-state index in [1.165, 1.54) is 29.8 Å². The molecule has 0 unspecified atom stereocenters. The molecule has 214 valence electrons. The molecule has 3 N–H and O–H groups in total. The van der Waals surface area contributed by atoms with E-state index in [9.17, 15) is 23.1 Å². The van der Waals surface area contributed by atoms with Gasteiger partial charge in [0.15, 0.2) is 5.69 Å². The average molecular weight is 563 g/mol. The quantitative estimate of drug-likeness (QED) is 0.245. The maximum Gasteiger partial charge on any atom is 0.272 e. The van der Waals surface area contributed by atoms with Crippen molar-refractivity contribution in [3.05, 3.63) is 118 Å². The molecule has 1 aliphatic rings. The Balaban J connectivity index is 1.35. The summed E-state index contributed by atoms with van der Waals surface area (Å²) in [5.41, 5.74) is 5.15. The number of nitrogens with zero attached hydrogens (tertiary/aromatic N) is 2. The Bertz CT molecular complexity index is 1500. The number of hydrogen-bond acceptors (Lipinski definition) is 4. The number of halogens is 3. The molecule has 41 heavy (non-hydrogen) atoms. The van der Waals surface area contributed by atoms with Crippen LogP contribution < -0.4 is 10.6 Å². The number of carbonyl (C=O) groups excluding carboxylic acids is 1. The maximum atomic E-state index is 14.0. The van der Waals surface area contributed by atoms with Crippen LogP contribution in [0.1, 0.15) is 51.8 Å². The molecular weight excluding hydrogens is 529 g/mol. The Morgan fingerprint density at radius 1 is 0.951 bits per heavy atom. The summed E-state index contributed by atoms with van der Waals surface area (Å²) in [4.78, 5) is 13.6. The van der Waals surface area contributed by atoms with Crippen LogP contribution in [0.25, 0.3) is 5.69 Å².